The van der Waals surface area contributed by atoms with E-state index in [0.717, 1.165) is 17.9 Å². The molecule has 0 radical (unpaired) electrons. The van der Waals surface area contributed by atoms with Crippen LogP contribution >= 0.6 is 0 Å². The van der Waals surface area contributed by atoms with Gasteiger partial charge in [-0.3, -0.25) is 9.59 Å². The van der Waals surface area contributed by atoms with Crippen LogP contribution in [0.3, 0.4) is 0 Å². The van der Waals surface area contributed by atoms with Gasteiger partial charge in [0.15, 0.2) is 0 Å². The number of aromatic nitrogens is 1. The van der Waals surface area contributed by atoms with Gasteiger partial charge < -0.3 is 19.3 Å². The summed E-state index contributed by atoms with van der Waals surface area (Å²) in [7, 11) is 1.50. The molecule has 1 aromatic heterocycles. The second-order valence-corrected chi connectivity index (χ2v) is 6.38. The van der Waals surface area contributed by atoms with E-state index in [1.165, 1.54) is 7.11 Å². The van der Waals surface area contributed by atoms with Gasteiger partial charge >= 0.3 is 5.97 Å². The Hall–Kier alpha value is -1.82. The van der Waals surface area contributed by atoms with E-state index in [1.807, 2.05) is 26.8 Å². The van der Waals surface area contributed by atoms with Crippen LogP contribution < -0.4 is 0 Å². The first-order chi connectivity index (χ1) is 10.9. The van der Waals surface area contributed by atoms with E-state index in [9.17, 15) is 14.7 Å². The Labute approximate surface area is 137 Å². The maximum Gasteiger partial charge on any atom is 0.313 e. The lowest BCUT2D eigenvalue weighted by atomic mass is 9.80. The van der Waals surface area contributed by atoms with Gasteiger partial charge in [-0.15, -0.1) is 0 Å². The topological polar surface area (TPSA) is 71.8 Å². The van der Waals surface area contributed by atoms with Gasteiger partial charge in [0, 0.05) is 38.1 Å². The van der Waals surface area contributed by atoms with Crippen molar-refractivity contribution in [2.24, 2.45) is 5.41 Å². The van der Waals surface area contributed by atoms with Crippen LogP contribution in [-0.4, -0.2) is 53.3 Å². The summed E-state index contributed by atoms with van der Waals surface area (Å²) in [5, 5.41) is 9.61. The van der Waals surface area contributed by atoms with Crippen molar-refractivity contribution in [3.63, 3.8) is 0 Å². The Balaban J connectivity index is 2.27. The molecule has 2 rings (SSSR count). The van der Waals surface area contributed by atoms with Gasteiger partial charge in [-0.25, -0.2) is 0 Å². The van der Waals surface area contributed by atoms with Gasteiger partial charge in [-0.05, 0) is 39.7 Å². The van der Waals surface area contributed by atoms with E-state index in [0.29, 0.717) is 24.9 Å². The fourth-order valence-corrected chi connectivity index (χ4v) is 3.61. The van der Waals surface area contributed by atoms with Gasteiger partial charge in [0.05, 0.1) is 12.2 Å². The number of carbonyl (C=O) groups excluding carboxylic acids is 1. The van der Waals surface area contributed by atoms with E-state index in [1.54, 1.807) is 4.90 Å². The van der Waals surface area contributed by atoms with Gasteiger partial charge in [-0.2, -0.15) is 0 Å². The second-order valence-electron chi connectivity index (χ2n) is 6.38. The Morgan fingerprint density at radius 1 is 1.39 bits per heavy atom. The summed E-state index contributed by atoms with van der Waals surface area (Å²) < 4.78 is 7.22. The number of nitrogens with zero attached hydrogens (tertiary/aromatic N) is 2. The highest BCUT2D eigenvalue weighted by molar-refractivity contribution is 5.96. The minimum Gasteiger partial charge on any atom is -0.481 e. The monoisotopic (exact) mass is 322 g/mol. The molecule has 6 heteroatoms. The highest BCUT2D eigenvalue weighted by atomic mass is 16.5. The number of ether oxygens (including phenoxy) is 1. The largest absolute Gasteiger partial charge is 0.481 e. The summed E-state index contributed by atoms with van der Waals surface area (Å²) in [5.41, 5.74) is 1.65. The maximum atomic E-state index is 12.9. The van der Waals surface area contributed by atoms with Crippen LogP contribution in [0.5, 0.6) is 0 Å². The normalized spacial score (nSPS) is 21.5. The Bertz CT molecular complexity index is 604. The molecule has 6 nitrogen and oxygen atoms in total. The van der Waals surface area contributed by atoms with Gasteiger partial charge in [0.2, 0.25) is 0 Å². The molecule has 0 saturated carbocycles. The summed E-state index contributed by atoms with van der Waals surface area (Å²) in [6, 6.07) is 1.90. The average molecular weight is 322 g/mol. The molecule has 1 aliphatic heterocycles. The molecule has 23 heavy (non-hydrogen) atoms. The third kappa shape index (κ3) is 3.13. The number of methoxy groups -OCH3 is 1. The quantitative estimate of drug-likeness (QED) is 0.901. The summed E-state index contributed by atoms with van der Waals surface area (Å²) in [6.07, 6.45) is 1.21. The fraction of sp³-hybridized carbons (Fsp3) is 0.647. The molecule has 0 spiro atoms. The minimum absolute atomic E-state index is 0.0840. The summed E-state index contributed by atoms with van der Waals surface area (Å²) >= 11 is 0. The summed E-state index contributed by atoms with van der Waals surface area (Å²) in [4.78, 5) is 26.3. The molecule has 0 aliphatic carbocycles. The van der Waals surface area contributed by atoms with Crippen molar-refractivity contribution < 1.29 is 19.4 Å². The van der Waals surface area contributed by atoms with Gasteiger partial charge in [0.1, 0.15) is 5.41 Å². The highest BCUT2D eigenvalue weighted by Crippen LogP contribution is 2.32. The van der Waals surface area contributed by atoms with Crippen LogP contribution in [0.15, 0.2) is 6.07 Å². The number of hydrogen-bond donors (Lipinski definition) is 1. The molecule has 0 bridgehead atoms. The molecule has 128 valence electrons. The smallest absolute Gasteiger partial charge is 0.313 e. The molecule has 1 saturated heterocycles. The molecule has 1 aromatic rings. The molecule has 1 aliphatic rings. The number of carboxylic acid groups (broad SMARTS) is 1. The van der Waals surface area contributed by atoms with Gasteiger partial charge in [0.25, 0.3) is 5.91 Å². The number of amides is 1. The predicted octanol–water partition coefficient (Wildman–Crippen LogP) is 2.08. The standard InChI is InChI=1S/C17H26N2O4/c1-5-19-12(2)9-14(13(19)3)15(20)18-8-6-7-17(10-18,11-23-4)16(21)22/h9H,5-8,10-11H2,1-4H3,(H,21,22). The van der Waals surface area contributed by atoms with E-state index < -0.39 is 11.4 Å². The molecule has 1 unspecified atom stereocenters. The van der Waals surface area contributed by atoms with Crippen molar-refractivity contribution in [3.8, 4) is 0 Å². The highest BCUT2D eigenvalue weighted by Gasteiger charge is 2.44. The first-order valence-corrected chi connectivity index (χ1v) is 8.04. The Morgan fingerprint density at radius 2 is 2.09 bits per heavy atom. The predicted molar refractivity (Wildman–Crippen MR) is 86.7 cm³/mol. The van der Waals surface area contributed by atoms with Crippen molar-refractivity contribution in [1.29, 1.82) is 0 Å². The molecular weight excluding hydrogens is 296 g/mol. The van der Waals surface area contributed by atoms with Crippen molar-refractivity contribution >= 4 is 11.9 Å². The van der Waals surface area contributed by atoms with Crippen LogP contribution in [0, 0.1) is 19.3 Å². The minimum atomic E-state index is -1.00. The van der Waals surface area contributed by atoms with Crippen LogP contribution in [0.4, 0.5) is 0 Å². The number of carboxylic acids is 1. The van der Waals surface area contributed by atoms with Crippen LogP contribution in [0.25, 0.3) is 0 Å². The number of piperidine rings is 1. The zero-order valence-corrected chi connectivity index (χ0v) is 14.4. The Kier molecular flexibility index (Phi) is 5.14. The second kappa shape index (κ2) is 6.74. The molecule has 1 atom stereocenters. The summed E-state index contributed by atoms with van der Waals surface area (Å²) in [6.45, 7) is 7.69. The van der Waals surface area contributed by atoms with Crippen molar-refractivity contribution in [3.05, 3.63) is 23.0 Å². The average Bonchev–Trinajstić information content (AvgIpc) is 2.81. The number of likely N-dealkylation sites (tertiary alicyclic amines) is 1. The zero-order valence-electron chi connectivity index (χ0n) is 14.4. The third-order valence-electron chi connectivity index (χ3n) is 4.86. The maximum absolute atomic E-state index is 12.9. The molecule has 1 amide bonds. The van der Waals surface area contributed by atoms with E-state index >= 15 is 0 Å². The van der Waals surface area contributed by atoms with Crippen LogP contribution in [-0.2, 0) is 16.1 Å². The number of carbonyl (C=O) groups is 2. The lowest BCUT2D eigenvalue weighted by molar-refractivity contribution is -0.155. The Morgan fingerprint density at radius 3 is 2.61 bits per heavy atom. The van der Waals surface area contributed by atoms with Crippen LogP contribution in [0.1, 0.15) is 41.5 Å². The van der Waals surface area contributed by atoms with E-state index in [2.05, 4.69) is 4.57 Å². The molecule has 0 aromatic carbocycles. The lowest BCUT2D eigenvalue weighted by Gasteiger charge is -2.39. The number of aliphatic carboxylic acids is 1. The number of aryl methyl sites for hydroxylation is 1. The van der Waals surface area contributed by atoms with Crippen molar-refractivity contribution in [2.75, 3.05) is 26.8 Å². The van der Waals surface area contributed by atoms with E-state index in [4.69, 9.17) is 4.74 Å². The number of hydrogen-bond acceptors (Lipinski definition) is 3. The third-order valence-corrected chi connectivity index (χ3v) is 4.86. The van der Waals surface area contributed by atoms with Crippen LogP contribution in [0.2, 0.25) is 0 Å². The molecule has 1 N–H and O–H groups in total. The zero-order chi connectivity index (χ0) is 17.2. The molecule has 2 heterocycles. The van der Waals surface area contributed by atoms with Crippen molar-refractivity contribution in [1.82, 2.24) is 9.47 Å². The number of rotatable bonds is 5. The summed E-state index contributed by atoms with van der Waals surface area (Å²) in [5.74, 6) is -0.977. The van der Waals surface area contributed by atoms with Crippen molar-refractivity contribution in [2.45, 2.75) is 40.2 Å². The first-order valence-electron chi connectivity index (χ1n) is 8.04. The first kappa shape index (κ1) is 17.5. The fourth-order valence-electron chi connectivity index (χ4n) is 3.61. The SMILES string of the molecule is CCn1c(C)cc(C(=O)N2CCCC(COC)(C(=O)O)C2)c1C. The van der Waals surface area contributed by atoms with Gasteiger partial charge in [-0.1, -0.05) is 0 Å². The lowest BCUT2D eigenvalue weighted by Crippen LogP contribution is -2.52. The molecule has 1 fully saturated rings. The molecular formula is C17H26N2O4. The van der Waals surface area contributed by atoms with E-state index in [-0.39, 0.29) is 19.1 Å².